The molecule has 2 aromatic rings. The Morgan fingerprint density at radius 3 is 2.52 bits per heavy atom. The normalized spacial score (nSPS) is 22.8. The van der Waals surface area contributed by atoms with E-state index in [1.165, 1.54) is 23.5 Å². The van der Waals surface area contributed by atoms with Crippen LogP contribution in [0.2, 0.25) is 0 Å². The maximum Gasteiger partial charge on any atom is 0.264 e. The van der Waals surface area contributed by atoms with Crippen LogP contribution in [0.25, 0.3) is 5.57 Å². The molecule has 1 aromatic heterocycles. The van der Waals surface area contributed by atoms with Crippen LogP contribution in [0.4, 0.5) is 0 Å². The summed E-state index contributed by atoms with van der Waals surface area (Å²) in [4.78, 5) is 15.4. The second-order valence-electron chi connectivity index (χ2n) is 6.66. The van der Waals surface area contributed by atoms with E-state index in [1.807, 2.05) is 23.1 Å². The summed E-state index contributed by atoms with van der Waals surface area (Å²) in [5.41, 5.74) is 2.53. The Balaban J connectivity index is 1.61. The van der Waals surface area contributed by atoms with Gasteiger partial charge in [0.1, 0.15) is 4.21 Å². The summed E-state index contributed by atoms with van der Waals surface area (Å²) in [6.07, 6.45) is 6.20. The molecule has 3 heterocycles. The molecule has 1 fully saturated rings. The van der Waals surface area contributed by atoms with Crippen LogP contribution in [-0.2, 0) is 9.84 Å². The summed E-state index contributed by atoms with van der Waals surface area (Å²) >= 11 is 1.07. The van der Waals surface area contributed by atoms with Crippen molar-refractivity contribution < 1.29 is 13.2 Å². The number of hydrogen-bond donors (Lipinski definition) is 0. The monoisotopic (exact) mass is 373 g/mol. The van der Waals surface area contributed by atoms with Crippen LogP contribution >= 0.6 is 11.3 Å². The highest BCUT2D eigenvalue weighted by Crippen LogP contribution is 2.40. The van der Waals surface area contributed by atoms with Crippen molar-refractivity contribution in [1.82, 2.24) is 4.90 Å². The fourth-order valence-electron chi connectivity index (χ4n) is 3.77. The Kier molecular flexibility index (Phi) is 4.04. The first-order valence-electron chi connectivity index (χ1n) is 8.32. The Bertz CT molecular complexity index is 944. The molecule has 2 atom stereocenters. The predicted molar refractivity (Wildman–Crippen MR) is 99.4 cm³/mol. The number of carbonyl (C=O) groups excluding carboxylic acids is 1. The minimum Gasteiger partial charge on any atom is -0.328 e. The van der Waals surface area contributed by atoms with Crippen molar-refractivity contribution in [3.8, 4) is 0 Å². The van der Waals surface area contributed by atoms with Crippen LogP contribution in [0.1, 0.15) is 34.5 Å². The third-order valence-electron chi connectivity index (χ3n) is 4.93. The maximum absolute atomic E-state index is 13.0. The zero-order valence-corrected chi connectivity index (χ0v) is 15.5. The van der Waals surface area contributed by atoms with Gasteiger partial charge in [-0.15, -0.1) is 11.3 Å². The lowest BCUT2D eigenvalue weighted by molar-refractivity contribution is 0.0697. The molecule has 2 unspecified atom stereocenters. The topological polar surface area (TPSA) is 54.5 Å². The number of nitrogens with zero attached hydrogens (tertiary/aromatic N) is 1. The van der Waals surface area contributed by atoms with Crippen molar-refractivity contribution >= 4 is 32.7 Å². The maximum atomic E-state index is 13.0. The van der Waals surface area contributed by atoms with Crippen LogP contribution in [-0.4, -0.2) is 37.6 Å². The molecule has 1 amide bonds. The Morgan fingerprint density at radius 2 is 1.88 bits per heavy atom. The van der Waals surface area contributed by atoms with E-state index < -0.39 is 9.84 Å². The quantitative estimate of drug-likeness (QED) is 0.826. The number of benzene rings is 1. The fraction of sp³-hybridized carbons (Fsp3) is 0.316. The third-order valence-corrected chi connectivity index (χ3v) is 7.83. The van der Waals surface area contributed by atoms with Crippen molar-refractivity contribution in [2.75, 3.05) is 6.26 Å². The first-order chi connectivity index (χ1) is 11.9. The molecule has 0 radical (unpaired) electrons. The lowest BCUT2D eigenvalue weighted by Gasteiger charge is -2.34. The average Bonchev–Trinajstić information content (AvgIpc) is 3.18. The van der Waals surface area contributed by atoms with Crippen LogP contribution < -0.4 is 0 Å². The molecular formula is C19H19NO3S2. The van der Waals surface area contributed by atoms with E-state index in [1.54, 1.807) is 6.07 Å². The Labute approximate surface area is 151 Å². The van der Waals surface area contributed by atoms with E-state index in [9.17, 15) is 13.2 Å². The standard InChI is InChI=1S/C19H19NO3S2/c1-25(22,23)18-10-9-17(24-18)19(21)20-15-7-8-16(20)12-14(11-15)13-5-3-2-4-6-13/h2-6,9-11,15-16H,7-8,12H2,1H3. The van der Waals surface area contributed by atoms with Crippen molar-refractivity contribution in [3.63, 3.8) is 0 Å². The zero-order valence-electron chi connectivity index (χ0n) is 13.9. The van der Waals surface area contributed by atoms with Crippen molar-refractivity contribution in [1.29, 1.82) is 0 Å². The number of rotatable bonds is 3. The minimum atomic E-state index is -3.27. The molecular weight excluding hydrogens is 354 g/mol. The van der Waals surface area contributed by atoms with E-state index in [-0.39, 0.29) is 22.2 Å². The molecule has 130 valence electrons. The van der Waals surface area contributed by atoms with Crippen molar-refractivity contribution in [2.45, 2.75) is 35.6 Å². The highest BCUT2D eigenvalue weighted by Gasteiger charge is 2.40. The van der Waals surface area contributed by atoms with Crippen LogP contribution in [0.5, 0.6) is 0 Å². The van der Waals surface area contributed by atoms with E-state index in [4.69, 9.17) is 0 Å². The molecule has 0 spiro atoms. The second-order valence-corrected chi connectivity index (χ2v) is 9.99. The zero-order chi connectivity index (χ0) is 17.6. The summed E-state index contributed by atoms with van der Waals surface area (Å²) in [7, 11) is -3.27. The van der Waals surface area contributed by atoms with Crippen LogP contribution in [0.15, 0.2) is 52.7 Å². The molecule has 4 nitrogen and oxygen atoms in total. The van der Waals surface area contributed by atoms with Gasteiger partial charge >= 0.3 is 0 Å². The van der Waals surface area contributed by atoms with Gasteiger partial charge in [-0.1, -0.05) is 36.4 Å². The van der Waals surface area contributed by atoms with E-state index >= 15 is 0 Å². The van der Waals surface area contributed by atoms with Gasteiger partial charge in [0, 0.05) is 12.3 Å². The molecule has 1 saturated heterocycles. The number of thiophene rings is 1. The summed E-state index contributed by atoms with van der Waals surface area (Å²) in [5, 5.41) is 0. The first-order valence-corrected chi connectivity index (χ1v) is 11.0. The molecule has 0 aliphatic carbocycles. The lowest BCUT2D eigenvalue weighted by Crippen LogP contribution is -2.42. The van der Waals surface area contributed by atoms with Gasteiger partial charge < -0.3 is 4.90 Å². The lowest BCUT2D eigenvalue weighted by atomic mass is 9.94. The number of fused-ring (bicyclic) bond motifs is 2. The number of sulfone groups is 1. The summed E-state index contributed by atoms with van der Waals surface area (Å²) in [6, 6.07) is 13.8. The fourth-order valence-corrected chi connectivity index (χ4v) is 5.65. The van der Waals surface area contributed by atoms with Gasteiger partial charge in [-0.05, 0) is 42.5 Å². The van der Waals surface area contributed by atoms with Gasteiger partial charge in [-0.25, -0.2) is 8.42 Å². The molecule has 4 rings (SSSR count). The summed E-state index contributed by atoms with van der Waals surface area (Å²) < 4.78 is 23.6. The SMILES string of the molecule is CS(=O)(=O)c1ccc(C(=O)N2C3C=C(c4ccccc4)CC2CC3)s1. The summed E-state index contributed by atoms with van der Waals surface area (Å²) in [5.74, 6) is -0.0456. The second kappa shape index (κ2) is 6.11. The molecule has 6 heteroatoms. The average molecular weight is 373 g/mol. The Hall–Kier alpha value is -1.92. The molecule has 0 N–H and O–H groups in total. The highest BCUT2D eigenvalue weighted by atomic mass is 32.2. The number of hydrogen-bond acceptors (Lipinski definition) is 4. The molecule has 25 heavy (non-hydrogen) atoms. The van der Waals surface area contributed by atoms with Crippen LogP contribution in [0, 0.1) is 0 Å². The molecule has 1 aromatic carbocycles. The van der Waals surface area contributed by atoms with E-state index in [2.05, 4.69) is 18.2 Å². The van der Waals surface area contributed by atoms with Gasteiger partial charge in [-0.2, -0.15) is 0 Å². The van der Waals surface area contributed by atoms with Crippen LogP contribution in [0.3, 0.4) is 0 Å². The van der Waals surface area contributed by atoms with Gasteiger partial charge in [0.15, 0.2) is 9.84 Å². The highest BCUT2D eigenvalue weighted by molar-refractivity contribution is 7.92. The molecule has 2 aliphatic rings. The number of carbonyl (C=O) groups is 1. The van der Waals surface area contributed by atoms with Crippen molar-refractivity contribution in [3.05, 3.63) is 59.0 Å². The summed E-state index contributed by atoms with van der Waals surface area (Å²) in [6.45, 7) is 0. The molecule has 2 bridgehead atoms. The number of amides is 1. The van der Waals surface area contributed by atoms with Gasteiger partial charge in [0.2, 0.25) is 0 Å². The molecule has 0 saturated carbocycles. The van der Waals surface area contributed by atoms with E-state index in [0.717, 1.165) is 30.6 Å². The smallest absolute Gasteiger partial charge is 0.264 e. The predicted octanol–water partition coefficient (Wildman–Crippen LogP) is 3.61. The van der Waals surface area contributed by atoms with Gasteiger partial charge in [0.25, 0.3) is 5.91 Å². The van der Waals surface area contributed by atoms with E-state index in [0.29, 0.717) is 4.88 Å². The minimum absolute atomic E-state index is 0.0456. The Morgan fingerprint density at radius 1 is 1.12 bits per heavy atom. The van der Waals surface area contributed by atoms with Crippen molar-refractivity contribution in [2.24, 2.45) is 0 Å². The third kappa shape index (κ3) is 3.04. The first kappa shape index (κ1) is 16.5. The van der Waals surface area contributed by atoms with Gasteiger partial charge in [-0.3, -0.25) is 4.79 Å². The largest absolute Gasteiger partial charge is 0.328 e. The van der Waals surface area contributed by atoms with Gasteiger partial charge in [0.05, 0.1) is 10.9 Å². The molecule has 2 aliphatic heterocycles.